The molecule has 0 fully saturated rings. The molecule has 0 aliphatic rings. The lowest BCUT2D eigenvalue weighted by Gasteiger charge is -2.11. The summed E-state index contributed by atoms with van der Waals surface area (Å²) in [5.41, 5.74) is 0.166. The van der Waals surface area contributed by atoms with Crippen LogP contribution in [0.3, 0.4) is 0 Å². The smallest absolute Gasteiger partial charge is 0.328 e. The maximum absolute atomic E-state index is 10.4. The zero-order valence-electron chi connectivity index (χ0n) is 9.30. The number of rotatable bonds is 4. The number of carboxylic acid groups (broad SMARTS) is 1. The number of benzene rings is 1. The lowest BCUT2D eigenvalue weighted by Crippen LogP contribution is -1.92. The van der Waals surface area contributed by atoms with E-state index in [-0.39, 0.29) is 28.6 Å². The lowest BCUT2D eigenvalue weighted by atomic mass is 10.1. The summed E-state index contributed by atoms with van der Waals surface area (Å²) in [4.78, 5) is 10.4. The van der Waals surface area contributed by atoms with Gasteiger partial charge >= 0.3 is 5.97 Å². The molecule has 0 aliphatic carbocycles. The Balaban J connectivity index is 3.36. The number of aromatic hydroxyl groups is 2. The van der Waals surface area contributed by atoms with Crippen LogP contribution < -0.4 is 9.47 Å². The van der Waals surface area contributed by atoms with E-state index < -0.39 is 5.97 Å². The molecule has 1 rings (SSSR count). The van der Waals surface area contributed by atoms with Crippen molar-refractivity contribution >= 4 is 12.0 Å². The number of hydrogen-bond acceptors (Lipinski definition) is 5. The molecule has 0 saturated heterocycles. The van der Waals surface area contributed by atoms with E-state index in [0.717, 1.165) is 6.08 Å². The van der Waals surface area contributed by atoms with Gasteiger partial charge in [-0.1, -0.05) is 0 Å². The van der Waals surface area contributed by atoms with Gasteiger partial charge in [-0.25, -0.2) is 4.79 Å². The topological polar surface area (TPSA) is 96.2 Å². The van der Waals surface area contributed by atoms with Crippen LogP contribution in [-0.2, 0) is 4.79 Å². The molecule has 0 saturated carbocycles. The average Bonchev–Trinajstić information content (AvgIpc) is 2.28. The van der Waals surface area contributed by atoms with Gasteiger partial charge in [-0.15, -0.1) is 0 Å². The predicted molar refractivity (Wildman–Crippen MR) is 59.5 cm³/mol. The fourth-order valence-electron chi connectivity index (χ4n) is 1.27. The first-order valence-electron chi connectivity index (χ1n) is 4.59. The molecule has 6 nitrogen and oxygen atoms in total. The van der Waals surface area contributed by atoms with Gasteiger partial charge in [0.15, 0.2) is 11.5 Å². The Labute approximate surface area is 97.3 Å². The standard InChI is InChI=1S/C11H12O6/c1-16-7-5-6(3-4-8(12)13)9(14)11(17-2)10(7)15/h3-5,14-15H,1-2H3,(H,12,13). The number of methoxy groups -OCH3 is 2. The first-order valence-corrected chi connectivity index (χ1v) is 4.59. The molecule has 17 heavy (non-hydrogen) atoms. The molecule has 1 aromatic rings. The molecule has 92 valence electrons. The molecule has 0 bridgehead atoms. The van der Waals surface area contributed by atoms with E-state index in [1.807, 2.05) is 0 Å². The minimum Gasteiger partial charge on any atom is -0.504 e. The molecule has 6 heteroatoms. The number of phenols is 2. The largest absolute Gasteiger partial charge is 0.504 e. The predicted octanol–water partition coefficient (Wildman–Crippen LogP) is 1.21. The van der Waals surface area contributed by atoms with Gasteiger partial charge in [0, 0.05) is 11.6 Å². The number of ether oxygens (including phenoxy) is 2. The molecule has 0 atom stereocenters. The molecular formula is C11H12O6. The van der Waals surface area contributed by atoms with E-state index in [1.165, 1.54) is 26.4 Å². The van der Waals surface area contributed by atoms with Crippen molar-refractivity contribution in [3.05, 3.63) is 17.7 Å². The summed E-state index contributed by atoms with van der Waals surface area (Å²) in [6.45, 7) is 0. The fraction of sp³-hybridized carbons (Fsp3) is 0.182. The van der Waals surface area contributed by atoms with Crippen LogP contribution in [0.15, 0.2) is 12.1 Å². The molecular weight excluding hydrogens is 228 g/mol. The summed E-state index contributed by atoms with van der Waals surface area (Å²) < 4.78 is 9.67. The van der Waals surface area contributed by atoms with E-state index in [2.05, 4.69) is 0 Å². The van der Waals surface area contributed by atoms with Crippen LogP contribution in [0.1, 0.15) is 5.56 Å². The normalized spacial score (nSPS) is 10.5. The summed E-state index contributed by atoms with van der Waals surface area (Å²) in [5.74, 6) is -1.96. The third-order valence-electron chi connectivity index (χ3n) is 2.05. The van der Waals surface area contributed by atoms with Crippen molar-refractivity contribution in [2.45, 2.75) is 0 Å². The third-order valence-corrected chi connectivity index (χ3v) is 2.05. The minimum atomic E-state index is -1.16. The van der Waals surface area contributed by atoms with Gasteiger partial charge in [-0.05, 0) is 12.1 Å². The van der Waals surface area contributed by atoms with Gasteiger partial charge in [-0.2, -0.15) is 0 Å². The second-order valence-corrected chi connectivity index (χ2v) is 3.07. The van der Waals surface area contributed by atoms with Crippen molar-refractivity contribution in [3.8, 4) is 23.0 Å². The van der Waals surface area contributed by atoms with E-state index in [4.69, 9.17) is 14.6 Å². The average molecular weight is 240 g/mol. The van der Waals surface area contributed by atoms with Crippen LogP contribution in [0.4, 0.5) is 0 Å². The van der Waals surface area contributed by atoms with Crippen LogP contribution in [0.2, 0.25) is 0 Å². The zero-order chi connectivity index (χ0) is 13.0. The number of aliphatic carboxylic acids is 1. The molecule has 1 aromatic carbocycles. The zero-order valence-corrected chi connectivity index (χ0v) is 9.30. The molecule has 3 N–H and O–H groups in total. The van der Waals surface area contributed by atoms with E-state index in [0.29, 0.717) is 0 Å². The Kier molecular flexibility index (Phi) is 3.82. The van der Waals surface area contributed by atoms with Gasteiger partial charge in [0.05, 0.1) is 14.2 Å². The Bertz CT molecular complexity index is 464. The Morgan fingerprint density at radius 3 is 2.35 bits per heavy atom. The number of phenolic OH excluding ortho intramolecular Hbond substituents is 2. The fourth-order valence-corrected chi connectivity index (χ4v) is 1.27. The SMILES string of the molecule is COc1cc(C=CC(=O)O)c(O)c(OC)c1O. The first-order chi connectivity index (χ1) is 8.01. The van der Waals surface area contributed by atoms with Crippen molar-refractivity contribution in [1.29, 1.82) is 0 Å². The second kappa shape index (κ2) is 5.11. The highest BCUT2D eigenvalue weighted by atomic mass is 16.5. The summed E-state index contributed by atoms with van der Waals surface area (Å²) in [6.07, 6.45) is 2.02. The van der Waals surface area contributed by atoms with Crippen molar-refractivity contribution < 1.29 is 29.6 Å². The van der Waals surface area contributed by atoms with Crippen LogP contribution in [0.25, 0.3) is 6.08 Å². The monoisotopic (exact) mass is 240 g/mol. The summed E-state index contributed by atoms with van der Waals surface area (Å²) >= 11 is 0. The summed E-state index contributed by atoms with van der Waals surface area (Å²) in [7, 11) is 2.59. The highest BCUT2D eigenvalue weighted by Crippen LogP contribution is 2.45. The van der Waals surface area contributed by atoms with Gasteiger partial charge in [-0.3, -0.25) is 0 Å². The van der Waals surface area contributed by atoms with E-state index >= 15 is 0 Å². The number of carboxylic acids is 1. The molecule has 0 aromatic heterocycles. The summed E-state index contributed by atoms with van der Waals surface area (Å²) in [6, 6.07) is 1.30. The van der Waals surface area contributed by atoms with Gasteiger partial charge in [0.1, 0.15) is 0 Å². The third kappa shape index (κ3) is 2.60. The molecule has 0 heterocycles. The van der Waals surface area contributed by atoms with Crippen LogP contribution in [0.5, 0.6) is 23.0 Å². The van der Waals surface area contributed by atoms with Crippen molar-refractivity contribution in [1.82, 2.24) is 0 Å². The summed E-state index contributed by atoms with van der Waals surface area (Å²) in [5, 5.41) is 27.8. The lowest BCUT2D eigenvalue weighted by molar-refractivity contribution is -0.131. The Morgan fingerprint density at radius 1 is 1.24 bits per heavy atom. The Hall–Kier alpha value is -2.37. The van der Waals surface area contributed by atoms with E-state index in [1.54, 1.807) is 0 Å². The van der Waals surface area contributed by atoms with Gasteiger partial charge in [0.25, 0.3) is 0 Å². The van der Waals surface area contributed by atoms with Gasteiger partial charge < -0.3 is 24.8 Å². The highest BCUT2D eigenvalue weighted by Gasteiger charge is 2.17. The molecule has 0 amide bonds. The Morgan fingerprint density at radius 2 is 1.88 bits per heavy atom. The molecule has 0 aliphatic heterocycles. The van der Waals surface area contributed by atoms with Crippen LogP contribution in [0, 0.1) is 0 Å². The van der Waals surface area contributed by atoms with Crippen LogP contribution >= 0.6 is 0 Å². The quantitative estimate of drug-likeness (QED) is 0.684. The van der Waals surface area contributed by atoms with E-state index in [9.17, 15) is 15.0 Å². The molecule has 0 spiro atoms. The second-order valence-electron chi connectivity index (χ2n) is 3.07. The van der Waals surface area contributed by atoms with Crippen molar-refractivity contribution in [2.24, 2.45) is 0 Å². The van der Waals surface area contributed by atoms with Crippen LogP contribution in [-0.4, -0.2) is 35.5 Å². The van der Waals surface area contributed by atoms with Crippen molar-refractivity contribution in [3.63, 3.8) is 0 Å². The van der Waals surface area contributed by atoms with Gasteiger partial charge in [0.2, 0.25) is 11.5 Å². The molecule has 0 radical (unpaired) electrons. The minimum absolute atomic E-state index is 0.0738. The number of hydrogen-bond donors (Lipinski definition) is 3. The number of carbonyl (C=O) groups is 1. The highest BCUT2D eigenvalue weighted by molar-refractivity contribution is 5.86. The molecule has 0 unspecified atom stereocenters. The maximum Gasteiger partial charge on any atom is 0.328 e. The van der Waals surface area contributed by atoms with Crippen molar-refractivity contribution in [2.75, 3.05) is 14.2 Å². The maximum atomic E-state index is 10.4. The first kappa shape index (κ1) is 12.7.